The first-order chi connectivity index (χ1) is 13.7. The standard InChI is InChI=1S/C20H16N6O2/c27-26(28)17-7-6-14-8-9-24(12-16(14)10-17)19-11-18(15-4-2-1-3-5-15)23-20-21-13-22-25(19)20/h1-7,10-11,13H,8-9,12H2. The third-order valence-corrected chi connectivity index (χ3v) is 5.04. The lowest BCUT2D eigenvalue weighted by Gasteiger charge is -2.30. The van der Waals surface area contributed by atoms with Crippen LogP contribution in [0.4, 0.5) is 11.5 Å². The number of benzene rings is 2. The molecule has 4 aromatic rings. The summed E-state index contributed by atoms with van der Waals surface area (Å²) in [6.45, 7) is 1.36. The second kappa shape index (κ2) is 6.41. The van der Waals surface area contributed by atoms with Gasteiger partial charge in [0, 0.05) is 36.9 Å². The van der Waals surface area contributed by atoms with Crippen LogP contribution in [0, 0.1) is 10.1 Å². The number of rotatable bonds is 3. The average Bonchev–Trinajstić information content (AvgIpc) is 3.21. The summed E-state index contributed by atoms with van der Waals surface area (Å²) in [6, 6.07) is 17.0. The molecule has 5 rings (SSSR count). The Kier molecular flexibility index (Phi) is 3.75. The maximum Gasteiger partial charge on any atom is 0.269 e. The molecule has 8 heteroatoms. The van der Waals surface area contributed by atoms with Crippen molar-refractivity contribution in [2.75, 3.05) is 11.4 Å². The Labute approximate surface area is 160 Å². The summed E-state index contributed by atoms with van der Waals surface area (Å²) in [7, 11) is 0. The fourth-order valence-electron chi connectivity index (χ4n) is 3.63. The molecule has 0 spiro atoms. The highest BCUT2D eigenvalue weighted by Crippen LogP contribution is 2.29. The molecule has 8 nitrogen and oxygen atoms in total. The molecule has 0 saturated carbocycles. The minimum atomic E-state index is -0.352. The summed E-state index contributed by atoms with van der Waals surface area (Å²) < 4.78 is 1.72. The van der Waals surface area contributed by atoms with Gasteiger partial charge in [0.2, 0.25) is 0 Å². The molecule has 138 valence electrons. The van der Waals surface area contributed by atoms with Crippen molar-refractivity contribution in [1.82, 2.24) is 19.6 Å². The highest BCUT2D eigenvalue weighted by atomic mass is 16.6. The van der Waals surface area contributed by atoms with Crippen LogP contribution >= 0.6 is 0 Å². The molecule has 2 aromatic carbocycles. The van der Waals surface area contributed by atoms with Gasteiger partial charge in [0.25, 0.3) is 11.5 Å². The molecule has 0 saturated heterocycles. The maximum absolute atomic E-state index is 11.1. The van der Waals surface area contributed by atoms with E-state index >= 15 is 0 Å². The zero-order valence-corrected chi connectivity index (χ0v) is 14.9. The highest BCUT2D eigenvalue weighted by molar-refractivity contribution is 5.66. The third-order valence-electron chi connectivity index (χ3n) is 5.04. The van der Waals surface area contributed by atoms with E-state index in [-0.39, 0.29) is 10.6 Å². The van der Waals surface area contributed by atoms with Crippen LogP contribution in [0.3, 0.4) is 0 Å². The first kappa shape index (κ1) is 16.4. The number of anilines is 1. The molecular formula is C20H16N6O2. The molecule has 0 bridgehead atoms. The summed E-state index contributed by atoms with van der Waals surface area (Å²) in [4.78, 5) is 21.8. The molecule has 28 heavy (non-hydrogen) atoms. The van der Waals surface area contributed by atoms with Crippen LogP contribution in [0.1, 0.15) is 11.1 Å². The van der Waals surface area contributed by atoms with Crippen molar-refractivity contribution in [2.24, 2.45) is 0 Å². The molecular weight excluding hydrogens is 356 g/mol. The van der Waals surface area contributed by atoms with Gasteiger partial charge in [-0.15, -0.1) is 0 Å². The number of aromatic nitrogens is 4. The predicted molar refractivity (Wildman–Crippen MR) is 104 cm³/mol. The van der Waals surface area contributed by atoms with E-state index in [1.165, 1.54) is 6.33 Å². The Morgan fingerprint density at radius 2 is 1.89 bits per heavy atom. The first-order valence-corrected chi connectivity index (χ1v) is 8.96. The quantitative estimate of drug-likeness (QED) is 0.405. The number of nitrogens with zero attached hydrogens (tertiary/aromatic N) is 6. The van der Waals surface area contributed by atoms with Crippen molar-refractivity contribution in [1.29, 1.82) is 0 Å². The van der Waals surface area contributed by atoms with Crippen LogP contribution in [0.15, 0.2) is 60.9 Å². The molecule has 0 aliphatic carbocycles. The lowest BCUT2D eigenvalue weighted by molar-refractivity contribution is -0.384. The van der Waals surface area contributed by atoms with E-state index in [2.05, 4.69) is 20.0 Å². The Balaban J connectivity index is 1.59. The van der Waals surface area contributed by atoms with E-state index in [0.29, 0.717) is 12.3 Å². The van der Waals surface area contributed by atoms with Crippen LogP contribution in [0.25, 0.3) is 17.0 Å². The molecule has 0 fully saturated rings. The van der Waals surface area contributed by atoms with Gasteiger partial charge in [-0.3, -0.25) is 10.1 Å². The average molecular weight is 372 g/mol. The summed E-state index contributed by atoms with van der Waals surface area (Å²) in [6.07, 6.45) is 2.30. The molecule has 1 aliphatic rings. The summed E-state index contributed by atoms with van der Waals surface area (Å²) >= 11 is 0. The second-order valence-electron chi connectivity index (χ2n) is 6.72. The van der Waals surface area contributed by atoms with E-state index in [1.54, 1.807) is 16.6 Å². The van der Waals surface area contributed by atoms with Gasteiger partial charge in [0.1, 0.15) is 12.1 Å². The van der Waals surface area contributed by atoms with Gasteiger partial charge >= 0.3 is 0 Å². The highest BCUT2D eigenvalue weighted by Gasteiger charge is 2.22. The van der Waals surface area contributed by atoms with Crippen LogP contribution < -0.4 is 4.90 Å². The fraction of sp³-hybridized carbons (Fsp3) is 0.150. The number of nitro groups is 1. The second-order valence-corrected chi connectivity index (χ2v) is 6.72. The van der Waals surface area contributed by atoms with Crippen molar-refractivity contribution < 1.29 is 4.92 Å². The van der Waals surface area contributed by atoms with Crippen molar-refractivity contribution in [3.8, 4) is 11.3 Å². The number of nitro benzene ring substituents is 1. The van der Waals surface area contributed by atoms with Gasteiger partial charge in [-0.05, 0) is 17.5 Å². The molecule has 0 atom stereocenters. The molecule has 0 radical (unpaired) electrons. The van der Waals surface area contributed by atoms with Gasteiger partial charge in [0.15, 0.2) is 0 Å². The topological polar surface area (TPSA) is 89.5 Å². The van der Waals surface area contributed by atoms with Gasteiger partial charge in [0.05, 0.1) is 10.6 Å². The molecule has 3 heterocycles. The van der Waals surface area contributed by atoms with Crippen molar-refractivity contribution in [3.63, 3.8) is 0 Å². The summed E-state index contributed by atoms with van der Waals surface area (Å²) in [5.74, 6) is 1.40. The van der Waals surface area contributed by atoms with Gasteiger partial charge in [-0.1, -0.05) is 36.4 Å². The van der Waals surface area contributed by atoms with Gasteiger partial charge in [-0.25, -0.2) is 4.98 Å². The maximum atomic E-state index is 11.1. The molecule has 1 aliphatic heterocycles. The lowest BCUT2D eigenvalue weighted by atomic mass is 9.99. The predicted octanol–water partition coefficient (Wildman–Crippen LogP) is 3.26. The van der Waals surface area contributed by atoms with E-state index in [1.807, 2.05) is 42.5 Å². The Morgan fingerprint density at radius 3 is 2.71 bits per heavy atom. The van der Waals surface area contributed by atoms with Crippen molar-refractivity contribution in [3.05, 3.63) is 82.2 Å². The molecule has 0 N–H and O–H groups in total. The van der Waals surface area contributed by atoms with Gasteiger partial charge in [-0.2, -0.15) is 14.6 Å². The first-order valence-electron chi connectivity index (χ1n) is 8.96. The molecule has 0 unspecified atom stereocenters. The summed E-state index contributed by atoms with van der Waals surface area (Å²) in [5, 5.41) is 15.5. The zero-order chi connectivity index (χ0) is 19.1. The third kappa shape index (κ3) is 2.75. The molecule has 2 aromatic heterocycles. The van der Waals surface area contributed by atoms with Crippen LogP contribution in [-0.2, 0) is 13.0 Å². The van der Waals surface area contributed by atoms with Crippen LogP contribution in [0.5, 0.6) is 0 Å². The zero-order valence-electron chi connectivity index (χ0n) is 14.9. The Morgan fingerprint density at radius 1 is 1.04 bits per heavy atom. The van der Waals surface area contributed by atoms with Crippen molar-refractivity contribution >= 4 is 17.3 Å². The minimum Gasteiger partial charge on any atom is -0.352 e. The van der Waals surface area contributed by atoms with Gasteiger partial charge < -0.3 is 4.90 Å². The van der Waals surface area contributed by atoms with Crippen LogP contribution in [0.2, 0.25) is 0 Å². The largest absolute Gasteiger partial charge is 0.352 e. The van der Waals surface area contributed by atoms with E-state index in [9.17, 15) is 10.1 Å². The SMILES string of the molecule is O=[N+]([O-])c1ccc2c(c1)CN(c1cc(-c3ccccc3)nc3ncnn13)CC2. The van der Waals surface area contributed by atoms with E-state index in [4.69, 9.17) is 0 Å². The lowest BCUT2D eigenvalue weighted by Crippen LogP contribution is -2.32. The Hall–Kier alpha value is -3.81. The number of non-ortho nitro benzene ring substituents is 1. The number of hydrogen-bond acceptors (Lipinski definition) is 6. The normalized spacial score (nSPS) is 13.5. The summed E-state index contributed by atoms with van der Waals surface area (Å²) in [5.41, 5.74) is 4.05. The van der Waals surface area contributed by atoms with Crippen LogP contribution in [-0.4, -0.2) is 31.1 Å². The van der Waals surface area contributed by atoms with E-state index in [0.717, 1.165) is 41.2 Å². The number of hydrogen-bond donors (Lipinski definition) is 0. The fourth-order valence-corrected chi connectivity index (χ4v) is 3.63. The smallest absolute Gasteiger partial charge is 0.269 e. The number of fused-ring (bicyclic) bond motifs is 2. The Bertz CT molecular complexity index is 1190. The van der Waals surface area contributed by atoms with Crippen molar-refractivity contribution in [2.45, 2.75) is 13.0 Å². The van der Waals surface area contributed by atoms with E-state index < -0.39 is 0 Å². The minimum absolute atomic E-state index is 0.117. The monoisotopic (exact) mass is 372 g/mol. The molecule has 0 amide bonds.